The number of aliphatic hydroxyl groups excluding tert-OH is 1. The van der Waals surface area contributed by atoms with Gasteiger partial charge in [0, 0.05) is 30.8 Å². The molecule has 0 fully saturated rings. The summed E-state index contributed by atoms with van der Waals surface area (Å²) in [6.07, 6.45) is 1.06. The number of aliphatic hydroxyl groups is 1. The first kappa shape index (κ1) is 14.2. The molecule has 0 amide bonds. The fraction of sp³-hybridized carbons (Fsp3) is 0.769. The fourth-order valence-corrected chi connectivity index (χ4v) is 1.74. The first-order valence-corrected chi connectivity index (χ1v) is 6.27. The average molecular weight is 239 g/mol. The van der Waals surface area contributed by atoms with Crippen molar-refractivity contribution in [3.8, 4) is 0 Å². The highest BCUT2D eigenvalue weighted by atomic mass is 16.3. The summed E-state index contributed by atoms with van der Waals surface area (Å²) in [5.74, 6) is 0. The molecule has 0 spiro atoms. The van der Waals surface area contributed by atoms with Crippen LogP contribution in [0.3, 0.4) is 0 Å². The number of nitrogens with zero attached hydrogens (tertiary/aromatic N) is 2. The predicted molar refractivity (Wildman–Crippen MR) is 70.1 cm³/mol. The van der Waals surface area contributed by atoms with E-state index in [1.165, 1.54) is 5.69 Å². The molecule has 0 bridgehead atoms. The van der Waals surface area contributed by atoms with E-state index in [2.05, 4.69) is 37.3 Å². The van der Waals surface area contributed by atoms with Crippen LogP contribution in [0.2, 0.25) is 0 Å². The predicted octanol–water partition coefficient (Wildman–Crippen LogP) is 1.50. The maximum atomic E-state index is 9.11. The Bertz CT molecular complexity index is 344. The van der Waals surface area contributed by atoms with Crippen LogP contribution >= 0.6 is 0 Å². The van der Waals surface area contributed by atoms with Crippen molar-refractivity contribution in [2.75, 3.05) is 19.7 Å². The second-order valence-corrected chi connectivity index (χ2v) is 5.50. The summed E-state index contributed by atoms with van der Waals surface area (Å²) in [7, 11) is 0. The molecule has 0 atom stereocenters. The van der Waals surface area contributed by atoms with Crippen molar-refractivity contribution >= 4 is 0 Å². The summed E-state index contributed by atoms with van der Waals surface area (Å²) in [6.45, 7) is 11.2. The molecule has 1 heterocycles. The van der Waals surface area contributed by atoms with E-state index in [1.807, 2.05) is 11.6 Å². The van der Waals surface area contributed by atoms with Crippen molar-refractivity contribution in [3.05, 3.63) is 17.5 Å². The third-order valence-electron chi connectivity index (χ3n) is 2.86. The Morgan fingerprint density at radius 3 is 2.65 bits per heavy atom. The quantitative estimate of drug-likeness (QED) is 0.709. The molecular weight excluding hydrogens is 214 g/mol. The van der Waals surface area contributed by atoms with Crippen LogP contribution in [-0.2, 0) is 6.54 Å². The lowest BCUT2D eigenvalue weighted by Crippen LogP contribution is -2.33. The Labute approximate surface area is 104 Å². The Morgan fingerprint density at radius 2 is 2.12 bits per heavy atom. The normalized spacial score (nSPS) is 12.1. The van der Waals surface area contributed by atoms with Gasteiger partial charge in [-0.2, -0.15) is 5.10 Å². The van der Waals surface area contributed by atoms with E-state index in [1.54, 1.807) is 0 Å². The molecule has 0 saturated heterocycles. The van der Waals surface area contributed by atoms with Crippen LogP contribution in [0.4, 0.5) is 0 Å². The molecule has 0 aliphatic carbocycles. The third-order valence-corrected chi connectivity index (χ3v) is 2.86. The van der Waals surface area contributed by atoms with Gasteiger partial charge >= 0.3 is 0 Å². The minimum absolute atomic E-state index is 0.0296. The molecule has 0 saturated carbocycles. The minimum atomic E-state index is -0.0296. The van der Waals surface area contributed by atoms with Crippen molar-refractivity contribution in [3.63, 3.8) is 0 Å². The topological polar surface area (TPSA) is 50.1 Å². The van der Waals surface area contributed by atoms with Crippen LogP contribution in [-0.4, -0.2) is 34.6 Å². The van der Waals surface area contributed by atoms with Crippen molar-refractivity contribution in [1.29, 1.82) is 0 Å². The van der Waals surface area contributed by atoms with E-state index in [0.717, 1.165) is 31.7 Å². The molecule has 2 N–H and O–H groups in total. The summed E-state index contributed by atoms with van der Waals surface area (Å²) in [5.41, 5.74) is 2.27. The largest absolute Gasteiger partial charge is 0.396 e. The molecule has 0 radical (unpaired) electrons. The molecule has 0 aromatic carbocycles. The van der Waals surface area contributed by atoms with Gasteiger partial charge in [-0.15, -0.1) is 0 Å². The first-order chi connectivity index (χ1) is 7.94. The summed E-state index contributed by atoms with van der Waals surface area (Å²) < 4.78 is 2.05. The smallest absolute Gasteiger partial charge is 0.0596 e. The minimum Gasteiger partial charge on any atom is -0.396 e. The molecule has 4 heteroatoms. The number of aryl methyl sites for hydroxylation is 3. The van der Waals surface area contributed by atoms with E-state index in [-0.39, 0.29) is 12.0 Å². The van der Waals surface area contributed by atoms with Gasteiger partial charge in [-0.25, -0.2) is 0 Å². The Balaban J connectivity index is 2.19. The summed E-state index contributed by atoms with van der Waals surface area (Å²) in [5, 5.41) is 16.9. The van der Waals surface area contributed by atoms with E-state index in [9.17, 15) is 0 Å². The van der Waals surface area contributed by atoms with Gasteiger partial charge in [0.15, 0.2) is 0 Å². The highest BCUT2D eigenvalue weighted by Gasteiger charge is 2.14. The van der Waals surface area contributed by atoms with E-state index in [4.69, 9.17) is 5.11 Å². The number of aromatic nitrogens is 2. The highest BCUT2D eigenvalue weighted by molar-refractivity contribution is 5.06. The zero-order valence-corrected chi connectivity index (χ0v) is 11.5. The standard InChI is InChI=1S/C13H25N3O/c1-11-8-12(2)16(15-11)7-5-6-14-9-13(3,4)10-17/h8,14,17H,5-7,9-10H2,1-4H3. The highest BCUT2D eigenvalue weighted by Crippen LogP contribution is 2.11. The second-order valence-electron chi connectivity index (χ2n) is 5.50. The maximum Gasteiger partial charge on any atom is 0.0596 e. The van der Waals surface area contributed by atoms with Crippen molar-refractivity contribution in [1.82, 2.24) is 15.1 Å². The van der Waals surface area contributed by atoms with Crippen LogP contribution in [0.5, 0.6) is 0 Å². The monoisotopic (exact) mass is 239 g/mol. The number of hydrogen-bond donors (Lipinski definition) is 2. The molecule has 0 unspecified atom stereocenters. The Morgan fingerprint density at radius 1 is 1.41 bits per heavy atom. The van der Waals surface area contributed by atoms with E-state index < -0.39 is 0 Å². The van der Waals surface area contributed by atoms with Crippen LogP contribution in [0, 0.1) is 19.3 Å². The fourth-order valence-electron chi connectivity index (χ4n) is 1.74. The summed E-state index contributed by atoms with van der Waals surface area (Å²) in [6, 6.07) is 2.10. The van der Waals surface area contributed by atoms with Crippen molar-refractivity contribution < 1.29 is 5.11 Å². The van der Waals surface area contributed by atoms with E-state index >= 15 is 0 Å². The number of hydrogen-bond acceptors (Lipinski definition) is 3. The van der Waals surface area contributed by atoms with Crippen LogP contribution in [0.15, 0.2) is 6.07 Å². The number of rotatable bonds is 7. The van der Waals surface area contributed by atoms with Crippen LogP contribution < -0.4 is 5.32 Å². The summed E-state index contributed by atoms with van der Waals surface area (Å²) >= 11 is 0. The lowest BCUT2D eigenvalue weighted by molar-refractivity contribution is 0.157. The molecule has 1 rings (SSSR count). The lowest BCUT2D eigenvalue weighted by atomic mass is 9.95. The number of nitrogens with one attached hydrogen (secondary N) is 1. The zero-order valence-electron chi connectivity index (χ0n) is 11.5. The second kappa shape index (κ2) is 6.17. The van der Waals surface area contributed by atoms with Gasteiger partial charge < -0.3 is 10.4 Å². The molecule has 17 heavy (non-hydrogen) atoms. The molecule has 98 valence electrons. The molecule has 0 aliphatic heterocycles. The van der Waals surface area contributed by atoms with E-state index in [0.29, 0.717) is 0 Å². The van der Waals surface area contributed by atoms with Gasteiger partial charge in [-0.3, -0.25) is 4.68 Å². The van der Waals surface area contributed by atoms with Gasteiger partial charge in [0.25, 0.3) is 0 Å². The Hall–Kier alpha value is -0.870. The molecule has 0 aliphatic rings. The van der Waals surface area contributed by atoms with Crippen LogP contribution in [0.25, 0.3) is 0 Å². The van der Waals surface area contributed by atoms with Crippen molar-refractivity contribution in [2.45, 2.75) is 40.7 Å². The van der Waals surface area contributed by atoms with Crippen molar-refractivity contribution in [2.24, 2.45) is 5.41 Å². The first-order valence-electron chi connectivity index (χ1n) is 6.27. The van der Waals surface area contributed by atoms with Gasteiger partial charge in [0.05, 0.1) is 5.69 Å². The molecule has 1 aromatic rings. The average Bonchev–Trinajstić information content (AvgIpc) is 2.57. The third kappa shape index (κ3) is 4.88. The molecular formula is C13H25N3O. The van der Waals surface area contributed by atoms with Gasteiger partial charge in [-0.05, 0) is 32.9 Å². The Kier molecular flexibility index (Phi) is 5.15. The van der Waals surface area contributed by atoms with Gasteiger partial charge in [0.1, 0.15) is 0 Å². The summed E-state index contributed by atoms with van der Waals surface area (Å²) in [4.78, 5) is 0. The van der Waals surface area contributed by atoms with Crippen LogP contribution in [0.1, 0.15) is 31.7 Å². The molecule has 4 nitrogen and oxygen atoms in total. The van der Waals surface area contributed by atoms with Gasteiger partial charge in [-0.1, -0.05) is 13.8 Å². The zero-order chi connectivity index (χ0) is 12.9. The molecule has 1 aromatic heterocycles. The lowest BCUT2D eigenvalue weighted by Gasteiger charge is -2.21. The SMILES string of the molecule is Cc1cc(C)n(CCCNCC(C)(C)CO)n1. The maximum absolute atomic E-state index is 9.11. The van der Waals surface area contributed by atoms with Gasteiger partial charge in [0.2, 0.25) is 0 Å².